The molecule has 0 saturated carbocycles. The van der Waals surface area contributed by atoms with Crippen LogP contribution < -0.4 is 10.2 Å². The van der Waals surface area contributed by atoms with E-state index in [4.69, 9.17) is 9.52 Å². The first-order chi connectivity index (χ1) is 11.3. The topological polar surface area (TPSA) is 66.5 Å². The number of anilines is 1. The Morgan fingerprint density at radius 2 is 2.21 bits per heavy atom. The van der Waals surface area contributed by atoms with Gasteiger partial charge in [-0.25, -0.2) is 0 Å². The minimum atomic E-state index is 0. The molecule has 0 bridgehead atoms. The van der Waals surface area contributed by atoms with Crippen molar-refractivity contribution >= 4 is 35.6 Å². The molecule has 1 aromatic carbocycles. The average Bonchev–Trinajstić information content (AvgIpc) is 3.17. The van der Waals surface area contributed by atoms with Crippen LogP contribution in [0.15, 0.2) is 33.8 Å². The van der Waals surface area contributed by atoms with E-state index in [2.05, 4.69) is 51.5 Å². The number of fused-ring (bicyclic) bond motifs is 1. The maximum Gasteiger partial charge on any atom is 0.226 e. The average molecular weight is 441 g/mol. The van der Waals surface area contributed by atoms with Gasteiger partial charge in [0, 0.05) is 31.7 Å². The van der Waals surface area contributed by atoms with Gasteiger partial charge in [-0.2, -0.15) is 4.98 Å². The van der Waals surface area contributed by atoms with Crippen LogP contribution in [0, 0.1) is 6.92 Å². The van der Waals surface area contributed by atoms with E-state index in [-0.39, 0.29) is 24.0 Å². The van der Waals surface area contributed by atoms with E-state index in [0.29, 0.717) is 11.7 Å². The van der Waals surface area contributed by atoms with Crippen molar-refractivity contribution in [2.75, 3.05) is 24.5 Å². The highest BCUT2D eigenvalue weighted by Gasteiger charge is 2.22. The second-order valence-corrected chi connectivity index (χ2v) is 5.60. The van der Waals surface area contributed by atoms with Crippen molar-refractivity contribution in [1.29, 1.82) is 0 Å². The lowest BCUT2D eigenvalue weighted by atomic mass is 10.2. The molecular formula is C17H24IN5O. The summed E-state index contributed by atoms with van der Waals surface area (Å²) in [5, 5.41) is 7.20. The minimum absolute atomic E-state index is 0. The molecule has 0 aliphatic carbocycles. The smallest absolute Gasteiger partial charge is 0.226 e. The van der Waals surface area contributed by atoms with Gasteiger partial charge in [-0.1, -0.05) is 23.4 Å². The molecule has 0 fully saturated rings. The van der Waals surface area contributed by atoms with Crippen LogP contribution in [0.3, 0.4) is 0 Å². The maximum atomic E-state index is 5.13. The Morgan fingerprint density at radius 3 is 2.96 bits per heavy atom. The van der Waals surface area contributed by atoms with Crippen LogP contribution in [-0.4, -0.2) is 35.7 Å². The Labute approximate surface area is 159 Å². The predicted molar refractivity (Wildman–Crippen MR) is 106 cm³/mol. The van der Waals surface area contributed by atoms with Gasteiger partial charge in [0.05, 0.1) is 0 Å². The molecule has 6 nitrogen and oxygen atoms in total. The predicted octanol–water partition coefficient (Wildman–Crippen LogP) is 2.96. The summed E-state index contributed by atoms with van der Waals surface area (Å²) < 4.78 is 5.13. The fourth-order valence-corrected chi connectivity index (χ4v) is 2.81. The first-order valence-electron chi connectivity index (χ1n) is 8.21. The van der Waals surface area contributed by atoms with Crippen molar-refractivity contribution in [3.8, 4) is 0 Å². The van der Waals surface area contributed by atoms with E-state index in [1.165, 1.54) is 11.3 Å². The highest BCUT2D eigenvalue weighted by molar-refractivity contribution is 14.0. The molecule has 0 amide bonds. The molecule has 1 aliphatic heterocycles. The molecule has 2 heterocycles. The number of halogens is 1. The number of guanidine groups is 1. The number of aromatic nitrogens is 2. The highest BCUT2D eigenvalue weighted by atomic mass is 127. The van der Waals surface area contributed by atoms with E-state index in [9.17, 15) is 0 Å². The number of para-hydroxylation sites is 1. The van der Waals surface area contributed by atoms with Gasteiger partial charge in [0.2, 0.25) is 5.89 Å². The van der Waals surface area contributed by atoms with Crippen LogP contribution in [0.4, 0.5) is 5.69 Å². The van der Waals surface area contributed by atoms with Crippen molar-refractivity contribution < 1.29 is 4.52 Å². The summed E-state index contributed by atoms with van der Waals surface area (Å²) in [4.78, 5) is 11.2. The molecule has 0 atom stereocenters. The van der Waals surface area contributed by atoms with E-state index in [1.54, 1.807) is 0 Å². The van der Waals surface area contributed by atoms with E-state index in [0.717, 1.165) is 44.9 Å². The number of nitrogens with one attached hydrogen (secondary N) is 1. The number of aliphatic imine (C=N–C) groups is 1. The van der Waals surface area contributed by atoms with Gasteiger partial charge >= 0.3 is 0 Å². The summed E-state index contributed by atoms with van der Waals surface area (Å²) >= 11 is 0. The van der Waals surface area contributed by atoms with Gasteiger partial charge in [-0.15, -0.1) is 24.0 Å². The molecule has 24 heavy (non-hydrogen) atoms. The second kappa shape index (κ2) is 9.00. The molecule has 0 saturated heterocycles. The molecule has 1 aromatic heterocycles. The third kappa shape index (κ3) is 4.46. The molecule has 0 unspecified atom stereocenters. The summed E-state index contributed by atoms with van der Waals surface area (Å²) in [7, 11) is 0. The van der Waals surface area contributed by atoms with Gasteiger partial charge < -0.3 is 14.7 Å². The third-order valence-electron chi connectivity index (χ3n) is 3.86. The summed E-state index contributed by atoms with van der Waals surface area (Å²) in [6.07, 6.45) is 2.73. The SMILES string of the molecule is CCNC(=NCCCc1nc(C)no1)N1CCc2ccccc21.I. The number of rotatable bonds is 5. The van der Waals surface area contributed by atoms with Crippen molar-refractivity contribution in [2.45, 2.75) is 33.1 Å². The van der Waals surface area contributed by atoms with Gasteiger partial charge in [0.15, 0.2) is 11.8 Å². The molecule has 3 rings (SSSR count). The number of hydrogen-bond acceptors (Lipinski definition) is 4. The second-order valence-electron chi connectivity index (χ2n) is 5.60. The molecule has 1 aliphatic rings. The lowest BCUT2D eigenvalue weighted by Gasteiger charge is -2.22. The third-order valence-corrected chi connectivity index (χ3v) is 3.86. The number of nitrogens with zero attached hydrogens (tertiary/aromatic N) is 4. The lowest BCUT2D eigenvalue weighted by Crippen LogP contribution is -2.40. The van der Waals surface area contributed by atoms with Crippen molar-refractivity contribution in [1.82, 2.24) is 15.5 Å². The van der Waals surface area contributed by atoms with Crippen LogP contribution in [0.25, 0.3) is 0 Å². The van der Waals surface area contributed by atoms with Gasteiger partial charge in [0.1, 0.15) is 0 Å². The van der Waals surface area contributed by atoms with Crippen LogP contribution in [-0.2, 0) is 12.8 Å². The monoisotopic (exact) mass is 441 g/mol. The summed E-state index contributed by atoms with van der Waals surface area (Å²) in [5.74, 6) is 2.33. The standard InChI is InChI=1S/C17H23N5O.HI/c1-3-18-17(19-11-6-9-16-20-13(2)21-23-16)22-12-10-14-7-4-5-8-15(14)22;/h4-5,7-8H,3,6,9-12H2,1-2H3,(H,18,19);1H. The summed E-state index contributed by atoms with van der Waals surface area (Å²) in [5.41, 5.74) is 2.65. The Kier molecular flexibility index (Phi) is 7.01. The number of benzene rings is 1. The van der Waals surface area contributed by atoms with Gasteiger partial charge in [-0.05, 0) is 38.3 Å². The molecule has 0 radical (unpaired) electrons. The normalized spacial score (nSPS) is 13.6. The van der Waals surface area contributed by atoms with Crippen molar-refractivity contribution in [2.24, 2.45) is 4.99 Å². The Balaban J connectivity index is 0.00000208. The molecular weight excluding hydrogens is 417 g/mol. The molecule has 0 spiro atoms. The van der Waals surface area contributed by atoms with E-state index >= 15 is 0 Å². The molecule has 7 heteroatoms. The summed E-state index contributed by atoms with van der Waals surface area (Å²) in [6.45, 7) is 6.51. The van der Waals surface area contributed by atoms with Gasteiger partial charge in [0.25, 0.3) is 0 Å². The quantitative estimate of drug-likeness (QED) is 0.335. The van der Waals surface area contributed by atoms with Crippen LogP contribution in [0.1, 0.15) is 30.6 Å². The van der Waals surface area contributed by atoms with Crippen LogP contribution in [0.2, 0.25) is 0 Å². The first-order valence-corrected chi connectivity index (χ1v) is 8.21. The highest BCUT2D eigenvalue weighted by Crippen LogP contribution is 2.27. The zero-order valence-electron chi connectivity index (χ0n) is 14.2. The minimum Gasteiger partial charge on any atom is -0.356 e. The zero-order valence-corrected chi connectivity index (χ0v) is 16.5. The molecule has 2 aromatic rings. The summed E-state index contributed by atoms with van der Waals surface area (Å²) in [6, 6.07) is 8.53. The number of hydrogen-bond donors (Lipinski definition) is 1. The largest absolute Gasteiger partial charge is 0.356 e. The fraction of sp³-hybridized carbons (Fsp3) is 0.471. The van der Waals surface area contributed by atoms with Crippen molar-refractivity contribution in [3.63, 3.8) is 0 Å². The fourth-order valence-electron chi connectivity index (χ4n) is 2.81. The zero-order chi connectivity index (χ0) is 16.1. The Morgan fingerprint density at radius 1 is 1.38 bits per heavy atom. The molecule has 1 N–H and O–H groups in total. The Bertz CT molecular complexity index is 685. The van der Waals surface area contributed by atoms with E-state index < -0.39 is 0 Å². The van der Waals surface area contributed by atoms with Crippen LogP contribution in [0.5, 0.6) is 0 Å². The lowest BCUT2D eigenvalue weighted by molar-refractivity contribution is 0.372. The van der Waals surface area contributed by atoms with E-state index in [1.807, 2.05) is 6.92 Å². The number of aryl methyl sites for hydroxylation is 2. The first kappa shape index (κ1) is 18.7. The molecule has 130 valence electrons. The Hall–Kier alpha value is -1.64. The van der Waals surface area contributed by atoms with Crippen molar-refractivity contribution in [3.05, 3.63) is 41.5 Å². The van der Waals surface area contributed by atoms with Gasteiger partial charge in [-0.3, -0.25) is 4.99 Å². The maximum absolute atomic E-state index is 5.13. The van der Waals surface area contributed by atoms with Crippen LogP contribution >= 0.6 is 24.0 Å².